The van der Waals surface area contributed by atoms with Gasteiger partial charge in [0.2, 0.25) is 6.34 Å². The number of rotatable bonds is 14. The Morgan fingerprint density at radius 3 is 1.40 bits per heavy atom. The van der Waals surface area contributed by atoms with Gasteiger partial charge >= 0.3 is 0 Å². The Labute approximate surface area is 216 Å². The third kappa shape index (κ3) is 6.78. The van der Waals surface area contributed by atoms with Crippen LogP contribution in [-0.2, 0) is 38.5 Å². The molecule has 2 aromatic rings. The van der Waals surface area contributed by atoms with Crippen molar-refractivity contribution in [1.82, 2.24) is 0 Å². The summed E-state index contributed by atoms with van der Waals surface area (Å²) in [6.45, 7) is 16.0. The van der Waals surface area contributed by atoms with Crippen LogP contribution in [0.1, 0.15) is 113 Å². The van der Waals surface area contributed by atoms with E-state index in [1.54, 1.807) is 22.3 Å². The molecular formula is C33H51N2+. The molecule has 0 radical (unpaired) electrons. The number of benzene rings is 2. The van der Waals surface area contributed by atoms with Gasteiger partial charge in [0.1, 0.15) is 24.5 Å². The molecule has 0 amide bonds. The van der Waals surface area contributed by atoms with Crippen molar-refractivity contribution in [2.75, 3.05) is 18.0 Å². The SMILES string of the molecule is CCCc1cc(CCC)c(N2C=[N+](c3c(CCC)cc(CCC)cc3CCC)CC2)c(CCC)c1. The monoisotopic (exact) mass is 475 g/mol. The third-order valence-corrected chi connectivity index (χ3v) is 7.24. The maximum Gasteiger partial charge on any atom is 0.244 e. The molecule has 2 aromatic carbocycles. The van der Waals surface area contributed by atoms with Gasteiger partial charge in [-0.15, -0.1) is 0 Å². The third-order valence-electron chi connectivity index (χ3n) is 7.24. The Morgan fingerprint density at radius 2 is 0.971 bits per heavy atom. The Kier molecular flexibility index (Phi) is 10.9. The second kappa shape index (κ2) is 13.9. The molecule has 1 heterocycles. The molecule has 2 heteroatoms. The second-order valence-corrected chi connectivity index (χ2v) is 10.5. The molecule has 0 fully saturated rings. The van der Waals surface area contributed by atoms with Crippen molar-refractivity contribution >= 4 is 17.7 Å². The average molecular weight is 476 g/mol. The van der Waals surface area contributed by atoms with Gasteiger partial charge in [-0.2, -0.15) is 0 Å². The number of anilines is 1. The molecule has 35 heavy (non-hydrogen) atoms. The van der Waals surface area contributed by atoms with Gasteiger partial charge in [0.05, 0.1) is 0 Å². The zero-order valence-corrected chi connectivity index (χ0v) is 23.7. The van der Waals surface area contributed by atoms with Crippen molar-refractivity contribution in [3.63, 3.8) is 0 Å². The van der Waals surface area contributed by atoms with Gasteiger partial charge in [-0.25, -0.2) is 9.48 Å². The highest BCUT2D eigenvalue weighted by Crippen LogP contribution is 2.34. The first-order chi connectivity index (χ1) is 17.1. The summed E-state index contributed by atoms with van der Waals surface area (Å²) >= 11 is 0. The van der Waals surface area contributed by atoms with Crippen LogP contribution in [0.4, 0.5) is 11.4 Å². The van der Waals surface area contributed by atoms with Gasteiger partial charge in [0.25, 0.3) is 0 Å². The molecular weight excluding hydrogens is 424 g/mol. The van der Waals surface area contributed by atoms with Gasteiger partial charge in [-0.1, -0.05) is 104 Å². The fourth-order valence-corrected chi connectivity index (χ4v) is 5.95. The number of hydrogen-bond acceptors (Lipinski definition) is 1. The first-order valence-corrected chi connectivity index (χ1v) is 14.8. The molecule has 0 unspecified atom stereocenters. The van der Waals surface area contributed by atoms with Crippen molar-refractivity contribution in [3.8, 4) is 0 Å². The van der Waals surface area contributed by atoms with E-state index in [1.807, 2.05) is 0 Å². The molecule has 0 N–H and O–H groups in total. The highest BCUT2D eigenvalue weighted by atomic mass is 15.3. The molecule has 192 valence electrons. The maximum absolute atomic E-state index is 2.59. The zero-order valence-electron chi connectivity index (χ0n) is 23.7. The fraction of sp³-hybridized carbons (Fsp3) is 0.606. The summed E-state index contributed by atoms with van der Waals surface area (Å²) in [6.07, 6.45) is 16.7. The predicted octanol–water partition coefficient (Wildman–Crippen LogP) is 8.59. The maximum atomic E-state index is 2.59. The molecule has 0 aromatic heterocycles. The summed E-state index contributed by atoms with van der Waals surface area (Å²) in [5.41, 5.74) is 12.3. The van der Waals surface area contributed by atoms with E-state index in [0.29, 0.717) is 0 Å². The molecule has 0 spiro atoms. The van der Waals surface area contributed by atoms with Crippen LogP contribution in [0.25, 0.3) is 0 Å². The Morgan fingerprint density at radius 1 is 0.571 bits per heavy atom. The van der Waals surface area contributed by atoms with Gasteiger partial charge in [0, 0.05) is 0 Å². The molecule has 0 aliphatic carbocycles. The van der Waals surface area contributed by atoms with Crippen LogP contribution in [0, 0.1) is 0 Å². The normalized spacial score (nSPS) is 13.5. The minimum Gasteiger partial charge on any atom is -0.229 e. The van der Waals surface area contributed by atoms with Crippen LogP contribution < -0.4 is 4.90 Å². The van der Waals surface area contributed by atoms with Crippen LogP contribution in [0.3, 0.4) is 0 Å². The van der Waals surface area contributed by atoms with Crippen LogP contribution in [0.2, 0.25) is 0 Å². The van der Waals surface area contributed by atoms with E-state index >= 15 is 0 Å². The summed E-state index contributed by atoms with van der Waals surface area (Å²) in [5.74, 6) is 0. The van der Waals surface area contributed by atoms with Gasteiger partial charge in [-0.3, -0.25) is 0 Å². The number of nitrogens with zero attached hydrogens (tertiary/aromatic N) is 2. The molecule has 0 bridgehead atoms. The quantitative estimate of drug-likeness (QED) is 0.248. The Hall–Kier alpha value is -2.09. The van der Waals surface area contributed by atoms with Crippen LogP contribution >= 0.6 is 0 Å². The molecule has 0 atom stereocenters. The smallest absolute Gasteiger partial charge is 0.229 e. The summed E-state index contributed by atoms with van der Waals surface area (Å²) in [5, 5.41) is 0. The minimum atomic E-state index is 1.08. The summed E-state index contributed by atoms with van der Waals surface area (Å²) in [7, 11) is 0. The number of aryl methyl sites for hydroxylation is 6. The van der Waals surface area contributed by atoms with Crippen LogP contribution in [0.5, 0.6) is 0 Å². The number of hydrogen-bond donors (Lipinski definition) is 0. The summed E-state index contributed by atoms with van der Waals surface area (Å²) in [4.78, 5) is 2.59. The van der Waals surface area contributed by atoms with Crippen LogP contribution in [0.15, 0.2) is 24.3 Å². The largest absolute Gasteiger partial charge is 0.244 e. The first-order valence-electron chi connectivity index (χ1n) is 14.8. The van der Waals surface area contributed by atoms with Crippen molar-refractivity contribution < 1.29 is 4.58 Å². The van der Waals surface area contributed by atoms with Crippen molar-refractivity contribution in [3.05, 3.63) is 57.6 Å². The van der Waals surface area contributed by atoms with Crippen molar-refractivity contribution in [2.45, 2.75) is 119 Å². The Bertz CT molecular complexity index is 931. The first kappa shape index (κ1) is 27.5. The molecule has 0 saturated heterocycles. The molecule has 0 saturated carbocycles. The molecule has 3 rings (SSSR count). The van der Waals surface area contributed by atoms with E-state index < -0.39 is 0 Å². The van der Waals surface area contributed by atoms with Gasteiger partial charge in [0.15, 0.2) is 0 Å². The van der Waals surface area contributed by atoms with E-state index in [4.69, 9.17) is 0 Å². The second-order valence-electron chi connectivity index (χ2n) is 10.5. The topological polar surface area (TPSA) is 6.25 Å². The van der Waals surface area contributed by atoms with E-state index in [-0.39, 0.29) is 0 Å². The summed E-state index contributed by atoms with van der Waals surface area (Å²) in [6, 6.07) is 10.1. The average Bonchev–Trinajstić information content (AvgIpc) is 3.29. The molecule has 1 aliphatic heterocycles. The van der Waals surface area contributed by atoms with Gasteiger partial charge < -0.3 is 0 Å². The minimum absolute atomic E-state index is 1.08. The lowest BCUT2D eigenvalue weighted by molar-refractivity contribution is -0.425. The predicted molar refractivity (Wildman–Crippen MR) is 155 cm³/mol. The highest BCUT2D eigenvalue weighted by molar-refractivity contribution is 5.82. The standard InChI is InChI=1S/C33H51N2/c1-7-13-26-21-28(15-9-3)32(29(22-26)16-10-4)34-19-20-35(25-34)33-30(17-11-5)23-27(14-8-2)24-31(33)18-12-6/h21-25H,7-20H2,1-6H3/q+1. The van der Waals surface area contributed by atoms with Gasteiger partial charge in [-0.05, 0) is 71.9 Å². The lowest BCUT2D eigenvalue weighted by atomic mass is 9.94. The lowest BCUT2D eigenvalue weighted by Crippen LogP contribution is -2.22. The molecule has 2 nitrogen and oxygen atoms in total. The van der Waals surface area contributed by atoms with E-state index in [1.165, 1.54) is 99.6 Å². The van der Waals surface area contributed by atoms with E-state index in [2.05, 4.69) is 81.6 Å². The zero-order chi connectivity index (χ0) is 25.2. The summed E-state index contributed by atoms with van der Waals surface area (Å²) < 4.78 is 2.59. The van der Waals surface area contributed by atoms with E-state index in [9.17, 15) is 0 Å². The Balaban J connectivity index is 2.10. The molecule has 1 aliphatic rings. The highest BCUT2D eigenvalue weighted by Gasteiger charge is 2.29. The fourth-order valence-electron chi connectivity index (χ4n) is 5.95. The van der Waals surface area contributed by atoms with Crippen molar-refractivity contribution in [2.24, 2.45) is 0 Å². The van der Waals surface area contributed by atoms with Crippen LogP contribution in [-0.4, -0.2) is 24.0 Å². The van der Waals surface area contributed by atoms with Crippen molar-refractivity contribution in [1.29, 1.82) is 0 Å². The lowest BCUT2D eigenvalue weighted by Gasteiger charge is -2.19. The van der Waals surface area contributed by atoms with E-state index in [0.717, 1.165) is 13.1 Å².